The molecule has 3 heteroatoms. The second kappa shape index (κ2) is 4.94. The zero-order valence-corrected chi connectivity index (χ0v) is 11.5. The summed E-state index contributed by atoms with van der Waals surface area (Å²) < 4.78 is 2.28. The fourth-order valence-electron chi connectivity index (χ4n) is 2.65. The highest BCUT2D eigenvalue weighted by molar-refractivity contribution is 6.35. The molecule has 1 aromatic carbocycles. The minimum absolute atomic E-state index is 0.715. The standard InChI is InChI=1S/C15H19ClN2/c1-2-18-10-11(9-17-12-5-3-6-12)15-13(16)7-4-8-14(15)18/h4,7-8,10,12,17H,2-3,5-6,9H2,1H3. The summed E-state index contributed by atoms with van der Waals surface area (Å²) in [4.78, 5) is 0. The lowest BCUT2D eigenvalue weighted by Gasteiger charge is -2.26. The van der Waals surface area contributed by atoms with Crippen LogP contribution in [0.4, 0.5) is 0 Å². The van der Waals surface area contributed by atoms with Crippen molar-refractivity contribution in [3.05, 3.63) is 35.0 Å². The first-order valence-corrected chi connectivity index (χ1v) is 7.17. The van der Waals surface area contributed by atoms with Gasteiger partial charge in [0.2, 0.25) is 0 Å². The van der Waals surface area contributed by atoms with Crippen LogP contribution in [0.1, 0.15) is 31.7 Å². The first-order valence-electron chi connectivity index (χ1n) is 6.79. The van der Waals surface area contributed by atoms with E-state index in [-0.39, 0.29) is 0 Å². The van der Waals surface area contributed by atoms with E-state index in [0.717, 1.165) is 18.1 Å². The van der Waals surface area contributed by atoms with Crippen molar-refractivity contribution in [1.29, 1.82) is 0 Å². The molecular formula is C15H19ClN2. The van der Waals surface area contributed by atoms with Gasteiger partial charge in [0.1, 0.15) is 0 Å². The highest BCUT2D eigenvalue weighted by atomic mass is 35.5. The molecular weight excluding hydrogens is 244 g/mol. The number of aryl methyl sites for hydroxylation is 1. The SMILES string of the molecule is CCn1cc(CNC2CCC2)c2c(Cl)cccc21. The summed E-state index contributed by atoms with van der Waals surface area (Å²) in [5, 5.41) is 5.70. The van der Waals surface area contributed by atoms with Gasteiger partial charge in [-0.3, -0.25) is 0 Å². The molecule has 0 spiro atoms. The molecule has 96 valence electrons. The van der Waals surface area contributed by atoms with E-state index in [9.17, 15) is 0 Å². The topological polar surface area (TPSA) is 17.0 Å². The van der Waals surface area contributed by atoms with Crippen LogP contribution in [-0.4, -0.2) is 10.6 Å². The van der Waals surface area contributed by atoms with Crippen molar-refractivity contribution in [3.63, 3.8) is 0 Å². The quantitative estimate of drug-likeness (QED) is 0.883. The van der Waals surface area contributed by atoms with Gasteiger partial charge in [-0.05, 0) is 37.5 Å². The molecule has 2 nitrogen and oxygen atoms in total. The molecule has 1 N–H and O–H groups in total. The average molecular weight is 263 g/mol. The van der Waals surface area contributed by atoms with E-state index in [1.165, 1.54) is 35.7 Å². The van der Waals surface area contributed by atoms with Gasteiger partial charge in [0.05, 0.1) is 5.02 Å². The number of nitrogens with one attached hydrogen (secondary N) is 1. The number of halogens is 1. The Morgan fingerprint density at radius 3 is 2.89 bits per heavy atom. The van der Waals surface area contributed by atoms with Gasteiger partial charge in [0, 0.05) is 36.2 Å². The van der Waals surface area contributed by atoms with Crippen LogP contribution >= 0.6 is 11.6 Å². The first-order chi connectivity index (χ1) is 8.79. The van der Waals surface area contributed by atoms with Crippen LogP contribution in [0, 0.1) is 0 Å². The van der Waals surface area contributed by atoms with Gasteiger partial charge in [-0.25, -0.2) is 0 Å². The Kier molecular flexibility index (Phi) is 3.31. The van der Waals surface area contributed by atoms with Gasteiger partial charge < -0.3 is 9.88 Å². The lowest BCUT2D eigenvalue weighted by atomic mass is 9.93. The molecule has 1 aliphatic rings. The summed E-state index contributed by atoms with van der Waals surface area (Å²) >= 11 is 6.35. The Morgan fingerprint density at radius 2 is 2.22 bits per heavy atom. The molecule has 1 fully saturated rings. The van der Waals surface area contributed by atoms with Crippen molar-refractivity contribution in [3.8, 4) is 0 Å². The molecule has 3 rings (SSSR count). The number of rotatable bonds is 4. The van der Waals surface area contributed by atoms with Gasteiger partial charge >= 0.3 is 0 Å². The molecule has 0 aliphatic heterocycles. The van der Waals surface area contributed by atoms with Crippen LogP contribution in [0.3, 0.4) is 0 Å². The molecule has 0 amide bonds. The molecule has 0 radical (unpaired) electrons. The maximum Gasteiger partial charge on any atom is 0.0503 e. The van der Waals surface area contributed by atoms with Crippen LogP contribution in [0.5, 0.6) is 0 Å². The third-order valence-corrected chi connectivity index (χ3v) is 4.28. The van der Waals surface area contributed by atoms with Crippen molar-refractivity contribution < 1.29 is 0 Å². The second-order valence-corrected chi connectivity index (χ2v) is 5.49. The van der Waals surface area contributed by atoms with E-state index in [1.807, 2.05) is 12.1 Å². The highest BCUT2D eigenvalue weighted by Gasteiger charge is 2.17. The van der Waals surface area contributed by atoms with Crippen LogP contribution in [-0.2, 0) is 13.1 Å². The van der Waals surface area contributed by atoms with E-state index < -0.39 is 0 Å². The van der Waals surface area contributed by atoms with E-state index in [1.54, 1.807) is 0 Å². The monoisotopic (exact) mass is 262 g/mol. The largest absolute Gasteiger partial charge is 0.347 e. The number of hydrogen-bond donors (Lipinski definition) is 1. The molecule has 1 aliphatic carbocycles. The normalized spacial score (nSPS) is 16.1. The smallest absolute Gasteiger partial charge is 0.0503 e. The van der Waals surface area contributed by atoms with Crippen LogP contribution in [0.15, 0.2) is 24.4 Å². The van der Waals surface area contributed by atoms with Gasteiger partial charge in [0.15, 0.2) is 0 Å². The molecule has 1 aromatic heterocycles. The Morgan fingerprint density at radius 1 is 1.39 bits per heavy atom. The maximum atomic E-state index is 6.35. The Hall–Kier alpha value is -0.990. The minimum atomic E-state index is 0.715. The number of benzene rings is 1. The van der Waals surface area contributed by atoms with Crippen molar-refractivity contribution in [2.45, 2.75) is 45.3 Å². The van der Waals surface area contributed by atoms with Gasteiger partial charge in [0.25, 0.3) is 0 Å². The number of fused-ring (bicyclic) bond motifs is 1. The van der Waals surface area contributed by atoms with E-state index in [4.69, 9.17) is 11.6 Å². The Bertz CT molecular complexity index is 555. The molecule has 0 unspecified atom stereocenters. The van der Waals surface area contributed by atoms with Crippen molar-refractivity contribution >= 4 is 22.5 Å². The summed E-state index contributed by atoms with van der Waals surface area (Å²) in [6, 6.07) is 6.88. The zero-order chi connectivity index (χ0) is 12.5. The molecule has 2 aromatic rings. The number of aromatic nitrogens is 1. The van der Waals surface area contributed by atoms with Gasteiger partial charge in [-0.15, -0.1) is 0 Å². The van der Waals surface area contributed by atoms with Crippen molar-refractivity contribution in [2.24, 2.45) is 0 Å². The van der Waals surface area contributed by atoms with Gasteiger partial charge in [-0.1, -0.05) is 24.1 Å². The van der Waals surface area contributed by atoms with E-state index >= 15 is 0 Å². The summed E-state index contributed by atoms with van der Waals surface area (Å²) in [7, 11) is 0. The van der Waals surface area contributed by atoms with E-state index in [0.29, 0.717) is 6.04 Å². The maximum absolute atomic E-state index is 6.35. The first kappa shape index (κ1) is 12.1. The molecule has 0 saturated heterocycles. The fraction of sp³-hybridized carbons (Fsp3) is 0.467. The predicted octanol–water partition coefficient (Wildman–Crippen LogP) is 3.96. The lowest BCUT2D eigenvalue weighted by Crippen LogP contribution is -2.34. The Labute approximate surface area is 113 Å². The summed E-state index contributed by atoms with van der Waals surface area (Å²) in [6.07, 6.45) is 6.25. The molecule has 1 saturated carbocycles. The van der Waals surface area contributed by atoms with Crippen molar-refractivity contribution in [2.75, 3.05) is 0 Å². The predicted molar refractivity (Wildman–Crippen MR) is 77.1 cm³/mol. The number of nitrogens with zero attached hydrogens (tertiary/aromatic N) is 1. The molecule has 0 bridgehead atoms. The van der Waals surface area contributed by atoms with Crippen LogP contribution in [0.2, 0.25) is 5.02 Å². The van der Waals surface area contributed by atoms with Crippen molar-refractivity contribution in [1.82, 2.24) is 9.88 Å². The minimum Gasteiger partial charge on any atom is -0.347 e. The number of hydrogen-bond acceptors (Lipinski definition) is 1. The molecule has 18 heavy (non-hydrogen) atoms. The van der Waals surface area contributed by atoms with E-state index in [2.05, 4.69) is 29.1 Å². The third-order valence-electron chi connectivity index (χ3n) is 3.96. The summed E-state index contributed by atoms with van der Waals surface area (Å²) in [5.41, 5.74) is 2.57. The average Bonchev–Trinajstić information content (AvgIpc) is 2.67. The zero-order valence-electron chi connectivity index (χ0n) is 10.7. The third kappa shape index (κ3) is 2.04. The van der Waals surface area contributed by atoms with Crippen LogP contribution in [0.25, 0.3) is 10.9 Å². The summed E-state index contributed by atoms with van der Waals surface area (Å²) in [5.74, 6) is 0. The van der Waals surface area contributed by atoms with Gasteiger partial charge in [-0.2, -0.15) is 0 Å². The van der Waals surface area contributed by atoms with Crippen LogP contribution < -0.4 is 5.32 Å². The highest BCUT2D eigenvalue weighted by Crippen LogP contribution is 2.29. The lowest BCUT2D eigenvalue weighted by molar-refractivity contribution is 0.338. The fourth-order valence-corrected chi connectivity index (χ4v) is 2.95. The Balaban J connectivity index is 1.94. The second-order valence-electron chi connectivity index (χ2n) is 5.08. The summed E-state index contributed by atoms with van der Waals surface area (Å²) in [6.45, 7) is 4.08. The molecule has 1 heterocycles. The molecule has 0 atom stereocenters.